The third kappa shape index (κ3) is 5.45. The Bertz CT molecular complexity index is 307. The molecule has 0 heterocycles. The molecular formula is C11H14Na2O4. The molecule has 4 nitrogen and oxygen atoms in total. The summed E-state index contributed by atoms with van der Waals surface area (Å²) in [7, 11) is 0. The number of rotatable bonds is 4. The molecule has 1 fully saturated rings. The van der Waals surface area contributed by atoms with Crippen molar-refractivity contribution in [1.29, 1.82) is 0 Å². The summed E-state index contributed by atoms with van der Waals surface area (Å²) in [4.78, 5) is 21.7. The van der Waals surface area contributed by atoms with E-state index in [4.69, 9.17) is 0 Å². The van der Waals surface area contributed by atoms with E-state index in [0.717, 1.165) is 25.7 Å². The van der Waals surface area contributed by atoms with Crippen LogP contribution in [0.1, 0.15) is 39.0 Å². The average Bonchev–Trinajstić information content (AvgIpc) is 2.64. The molecule has 1 saturated carbocycles. The molecule has 0 atom stereocenters. The molecule has 0 radical (unpaired) electrons. The molecule has 0 aliphatic heterocycles. The van der Waals surface area contributed by atoms with Crippen LogP contribution in [0, 0.1) is 5.92 Å². The molecule has 0 aromatic rings. The number of aliphatic carboxylic acids is 2. The molecule has 17 heavy (non-hydrogen) atoms. The third-order valence-corrected chi connectivity index (χ3v) is 2.91. The van der Waals surface area contributed by atoms with E-state index in [9.17, 15) is 19.8 Å². The molecule has 6 heteroatoms. The second-order valence-electron chi connectivity index (χ2n) is 3.80. The van der Waals surface area contributed by atoms with Gasteiger partial charge in [0.2, 0.25) is 0 Å². The second kappa shape index (κ2) is 9.59. The Morgan fingerprint density at radius 3 is 1.82 bits per heavy atom. The van der Waals surface area contributed by atoms with Crippen molar-refractivity contribution in [3.8, 4) is 0 Å². The maximum absolute atomic E-state index is 10.9. The van der Waals surface area contributed by atoms with Gasteiger partial charge in [-0.05, 0) is 36.3 Å². The Kier molecular flexibility index (Phi) is 11.3. The van der Waals surface area contributed by atoms with E-state index in [1.807, 2.05) is 0 Å². The van der Waals surface area contributed by atoms with E-state index >= 15 is 0 Å². The number of hydrogen-bond donors (Lipinski definition) is 0. The van der Waals surface area contributed by atoms with Crippen LogP contribution in [0.15, 0.2) is 11.1 Å². The predicted octanol–water partition coefficient (Wildman–Crippen LogP) is -6.61. The molecule has 0 unspecified atom stereocenters. The Hall–Kier alpha value is 0.680. The molecule has 1 rings (SSSR count). The van der Waals surface area contributed by atoms with Gasteiger partial charge in [0.1, 0.15) is 0 Å². The summed E-state index contributed by atoms with van der Waals surface area (Å²) in [5, 5.41) is 21.7. The normalized spacial score (nSPS) is 16.5. The first-order chi connectivity index (χ1) is 7.07. The van der Waals surface area contributed by atoms with Crippen LogP contribution >= 0.6 is 0 Å². The fraction of sp³-hybridized carbons (Fsp3) is 0.636. The Morgan fingerprint density at radius 1 is 1.06 bits per heavy atom. The van der Waals surface area contributed by atoms with Crippen molar-refractivity contribution in [2.24, 2.45) is 5.92 Å². The van der Waals surface area contributed by atoms with Gasteiger partial charge < -0.3 is 19.8 Å². The van der Waals surface area contributed by atoms with E-state index in [2.05, 4.69) is 0 Å². The molecule has 1 aliphatic rings. The molecular weight excluding hydrogens is 242 g/mol. The molecule has 1 aliphatic carbocycles. The zero-order chi connectivity index (χ0) is 11.4. The van der Waals surface area contributed by atoms with Gasteiger partial charge in [0.15, 0.2) is 0 Å². The van der Waals surface area contributed by atoms with Crippen molar-refractivity contribution in [3.63, 3.8) is 0 Å². The fourth-order valence-electron chi connectivity index (χ4n) is 2.20. The summed E-state index contributed by atoms with van der Waals surface area (Å²) >= 11 is 0. The van der Waals surface area contributed by atoms with Crippen LogP contribution in [0.2, 0.25) is 0 Å². The Morgan fingerprint density at radius 2 is 1.53 bits per heavy atom. The predicted molar refractivity (Wildman–Crippen MR) is 49.3 cm³/mol. The van der Waals surface area contributed by atoms with Crippen LogP contribution in [0.5, 0.6) is 0 Å². The number of carboxylic acid groups (broad SMARTS) is 2. The summed E-state index contributed by atoms with van der Waals surface area (Å²) in [5.74, 6) is -2.91. The van der Waals surface area contributed by atoms with Gasteiger partial charge in [-0.2, -0.15) is 0 Å². The number of carbonyl (C=O) groups excluding carboxylic acids is 2. The minimum absolute atomic E-state index is 0. The maximum Gasteiger partial charge on any atom is 1.00 e. The van der Waals surface area contributed by atoms with Crippen molar-refractivity contribution in [1.82, 2.24) is 0 Å². The summed E-state index contributed by atoms with van der Waals surface area (Å²) in [6.07, 6.45) is 3.54. The molecule has 84 valence electrons. The van der Waals surface area contributed by atoms with Crippen molar-refractivity contribution in [2.75, 3.05) is 0 Å². The van der Waals surface area contributed by atoms with Gasteiger partial charge in [0.05, 0.1) is 11.9 Å². The first kappa shape index (κ1) is 20.0. The first-order valence-corrected chi connectivity index (χ1v) is 5.23. The van der Waals surface area contributed by atoms with E-state index in [-0.39, 0.29) is 82.6 Å². The van der Waals surface area contributed by atoms with Crippen LogP contribution in [0.4, 0.5) is 0 Å². The summed E-state index contributed by atoms with van der Waals surface area (Å²) in [6.45, 7) is 1.61. The summed E-state index contributed by atoms with van der Waals surface area (Å²) < 4.78 is 0. The molecule has 0 aromatic heterocycles. The van der Waals surface area contributed by atoms with Crippen LogP contribution in [-0.2, 0) is 9.59 Å². The summed E-state index contributed by atoms with van der Waals surface area (Å²) in [6, 6.07) is 0. The Labute approximate surface area is 145 Å². The first-order valence-electron chi connectivity index (χ1n) is 5.23. The zero-order valence-corrected chi connectivity index (χ0v) is 14.7. The van der Waals surface area contributed by atoms with E-state index < -0.39 is 11.9 Å². The Balaban J connectivity index is 0. The quantitative estimate of drug-likeness (QED) is 0.370. The zero-order valence-electron chi connectivity index (χ0n) is 10.7. The molecule has 0 spiro atoms. The summed E-state index contributed by atoms with van der Waals surface area (Å²) in [5.41, 5.74) is -0.156. The van der Waals surface area contributed by atoms with Crippen LogP contribution < -0.4 is 69.3 Å². The fourth-order valence-corrected chi connectivity index (χ4v) is 2.20. The third-order valence-electron chi connectivity index (χ3n) is 2.91. The smallest absolute Gasteiger partial charge is 0.545 e. The van der Waals surface area contributed by atoms with Gasteiger partial charge in [0.25, 0.3) is 0 Å². The topological polar surface area (TPSA) is 80.3 Å². The van der Waals surface area contributed by atoms with Crippen molar-refractivity contribution < 1.29 is 78.9 Å². The van der Waals surface area contributed by atoms with Crippen LogP contribution in [0.25, 0.3) is 0 Å². The van der Waals surface area contributed by atoms with Crippen molar-refractivity contribution >= 4 is 11.9 Å². The van der Waals surface area contributed by atoms with Crippen molar-refractivity contribution in [3.05, 3.63) is 11.1 Å². The second-order valence-corrected chi connectivity index (χ2v) is 3.80. The van der Waals surface area contributed by atoms with E-state index in [0.29, 0.717) is 0 Å². The minimum Gasteiger partial charge on any atom is -0.545 e. The van der Waals surface area contributed by atoms with E-state index in [1.165, 1.54) is 0 Å². The number of carbonyl (C=O) groups is 2. The minimum atomic E-state index is -1.39. The van der Waals surface area contributed by atoms with Gasteiger partial charge in [-0.15, -0.1) is 0 Å². The molecule has 0 amide bonds. The number of carboxylic acids is 2. The number of hydrogen-bond acceptors (Lipinski definition) is 4. The van der Waals surface area contributed by atoms with Gasteiger partial charge in [-0.1, -0.05) is 19.8 Å². The molecule has 0 saturated heterocycles. The molecule has 0 N–H and O–H groups in total. The average molecular weight is 256 g/mol. The SMILES string of the molecule is CC/C(C(=O)[O-])=C(/C(=O)[O-])C1CCCC1.[Na+].[Na+]. The monoisotopic (exact) mass is 256 g/mol. The van der Waals surface area contributed by atoms with Gasteiger partial charge in [-0.3, -0.25) is 0 Å². The van der Waals surface area contributed by atoms with Gasteiger partial charge >= 0.3 is 59.1 Å². The van der Waals surface area contributed by atoms with E-state index in [1.54, 1.807) is 6.92 Å². The largest absolute Gasteiger partial charge is 1.00 e. The molecule has 0 bridgehead atoms. The van der Waals surface area contributed by atoms with Crippen LogP contribution in [-0.4, -0.2) is 11.9 Å². The maximum atomic E-state index is 10.9. The van der Waals surface area contributed by atoms with Crippen LogP contribution in [0.3, 0.4) is 0 Å². The van der Waals surface area contributed by atoms with Gasteiger partial charge in [0, 0.05) is 0 Å². The van der Waals surface area contributed by atoms with Gasteiger partial charge in [-0.25, -0.2) is 0 Å². The molecule has 0 aromatic carbocycles. The van der Waals surface area contributed by atoms with Crippen molar-refractivity contribution in [2.45, 2.75) is 39.0 Å². The standard InChI is InChI=1S/C11H16O4.2Na/c1-2-8(10(12)13)9(11(14)15)7-5-3-4-6-7;;/h7H,2-6H2,1H3,(H,12,13)(H,14,15);;/q;2*+1/p-2/b9-8-;;.